The van der Waals surface area contributed by atoms with Crippen LogP contribution in [0.25, 0.3) is 10.8 Å². The third-order valence-corrected chi connectivity index (χ3v) is 3.46. The minimum Gasteiger partial charge on any atom is -0.481 e. The summed E-state index contributed by atoms with van der Waals surface area (Å²) in [6.07, 6.45) is 0.562. The van der Waals surface area contributed by atoms with Gasteiger partial charge in [-0.3, -0.25) is 4.79 Å². The number of nitrogens with zero attached hydrogens (tertiary/aromatic N) is 1. The van der Waals surface area contributed by atoms with Gasteiger partial charge in [-0.05, 0) is 29.7 Å². The fourth-order valence-electron chi connectivity index (χ4n) is 2.30. The van der Waals surface area contributed by atoms with Crippen molar-refractivity contribution in [3.05, 3.63) is 60.2 Å². The SMILES string of the molecule is COc1nc(C(=O)NCC(O)c2ccco2)cc2ccccc12. The van der Waals surface area contributed by atoms with Crippen molar-refractivity contribution in [2.75, 3.05) is 13.7 Å². The van der Waals surface area contributed by atoms with Crippen molar-refractivity contribution >= 4 is 16.7 Å². The van der Waals surface area contributed by atoms with E-state index < -0.39 is 6.10 Å². The number of pyridine rings is 1. The molecule has 3 rings (SSSR count). The van der Waals surface area contributed by atoms with Crippen LogP contribution in [0.3, 0.4) is 0 Å². The van der Waals surface area contributed by atoms with Crippen LogP contribution in [-0.4, -0.2) is 29.7 Å². The van der Waals surface area contributed by atoms with E-state index in [0.717, 1.165) is 10.8 Å². The maximum atomic E-state index is 12.3. The van der Waals surface area contributed by atoms with Crippen LogP contribution in [0.5, 0.6) is 5.88 Å². The molecule has 118 valence electrons. The van der Waals surface area contributed by atoms with E-state index in [9.17, 15) is 9.90 Å². The Balaban J connectivity index is 1.78. The van der Waals surface area contributed by atoms with Crippen molar-refractivity contribution in [2.45, 2.75) is 6.10 Å². The van der Waals surface area contributed by atoms with Crippen LogP contribution in [0.1, 0.15) is 22.4 Å². The van der Waals surface area contributed by atoms with Crippen molar-refractivity contribution in [2.24, 2.45) is 0 Å². The van der Waals surface area contributed by atoms with E-state index >= 15 is 0 Å². The van der Waals surface area contributed by atoms with Gasteiger partial charge in [0.25, 0.3) is 5.91 Å². The first-order valence-electron chi connectivity index (χ1n) is 7.12. The third-order valence-electron chi connectivity index (χ3n) is 3.46. The minimum atomic E-state index is -0.906. The van der Waals surface area contributed by atoms with Gasteiger partial charge in [-0.2, -0.15) is 0 Å². The second-order valence-corrected chi connectivity index (χ2v) is 4.98. The van der Waals surface area contributed by atoms with Crippen molar-refractivity contribution in [1.29, 1.82) is 0 Å². The number of aliphatic hydroxyl groups is 1. The van der Waals surface area contributed by atoms with E-state index in [4.69, 9.17) is 9.15 Å². The summed E-state index contributed by atoms with van der Waals surface area (Å²) in [5.74, 6) is 0.397. The monoisotopic (exact) mass is 312 g/mol. The van der Waals surface area contributed by atoms with Gasteiger partial charge in [0, 0.05) is 5.39 Å². The van der Waals surface area contributed by atoms with Crippen LogP contribution in [0, 0.1) is 0 Å². The molecule has 0 fully saturated rings. The zero-order chi connectivity index (χ0) is 16.2. The molecule has 0 radical (unpaired) electrons. The summed E-state index contributed by atoms with van der Waals surface area (Å²) in [5.41, 5.74) is 0.229. The number of aromatic nitrogens is 1. The fraction of sp³-hybridized carbons (Fsp3) is 0.176. The Bertz CT molecular complexity index is 815. The highest BCUT2D eigenvalue weighted by atomic mass is 16.5. The lowest BCUT2D eigenvalue weighted by Gasteiger charge is -2.11. The lowest BCUT2D eigenvalue weighted by molar-refractivity contribution is 0.0895. The molecule has 6 nitrogen and oxygen atoms in total. The molecule has 3 aromatic rings. The first-order valence-corrected chi connectivity index (χ1v) is 7.12. The Hall–Kier alpha value is -2.86. The summed E-state index contributed by atoms with van der Waals surface area (Å²) < 4.78 is 10.3. The number of hydrogen-bond acceptors (Lipinski definition) is 5. The molecule has 1 unspecified atom stereocenters. The van der Waals surface area contributed by atoms with Crippen LogP contribution in [0.2, 0.25) is 0 Å². The predicted molar refractivity (Wildman–Crippen MR) is 84.3 cm³/mol. The molecule has 0 aliphatic rings. The van der Waals surface area contributed by atoms with Gasteiger partial charge in [0.1, 0.15) is 17.6 Å². The standard InChI is InChI=1S/C17H16N2O4/c1-22-17-12-6-3-2-5-11(12)9-13(19-17)16(21)18-10-14(20)15-7-4-8-23-15/h2-9,14,20H,10H2,1H3,(H,18,21). The highest BCUT2D eigenvalue weighted by Gasteiger charge is 2.15. The van der Waals surface area contributed by atoms with Gasteiger partial charge in [-0.15, -0.1) is 0 Å². The zero-order valence-corrected chi connectivity index (χ0v) is 12.5. The van der Waals surface area contributed by atoms with Gasteiger partial charge in [-0.1, -0.05) is 18.2 Å². The smallest absolute Gasteiger partial charge is 0.270 e. The number of amides is 1. The Morgan fingerprint density at radius 1 is 1.35 bits per heavy atom. The summed E-state index contributed by atoms with van der Waals surface area (Å²) in [6, 6.07) is 12.5. The van der Waals surface area contributed by atoms with Crippen molar-refractivity contribution in [3.8, 4) is 5.88 Å². The number of rotatable bonds is 5. The molecule has 2 N–H and O–H groups in total. The van der Waals surface area contributed by atoms with Gasteiger partial charge < -0.3 is 19.6 Å². The van der Waals surface area contributed by atoms with E-state index in [1.54, 1.807) is 18.2 Å². The Labute approximate surface area is 132 Å². The number of aliphatic hydroxyl groups excluding tert-OH is 1. The van der Waals surface area contributed by atoms with Crippen LogP contribution < -0.4 is 10.1 Å². The summed E-state index contributed by atoms with van der Waals surface area (Å²) in [4.78, 5) is 16.5. The number of hydrogen-bond donors (Lipinski definition) is 2. The summed E-state index contributed by atoms with van der Waals surface area (Å²) in [7, 11) is 1.51. The molecule has 1 atom stereocenters. The molecule has 0 spiro atoms. The van der Waals surface area contributed by atoms with E-state index in [1.165, 1.54) is 13.4 Å². The van der Waals surface area contributed by atoms with E-state index in [0.29, 0.717) is 11.6 Å². The highest BCUT2D eigenvalue weighted by Crippen LogP contribution is 2.24. The number of nitrogens with one attached hydrogen (secondary N) is 1. The number of benzene rings is 1. The minimum absolute atomic E-state index is 0.0309. The summed E-state index contributed by atoms with van der Waals surface area (Å²) in [6.45, 7) is 0.0309. The Morgan fingerprint density at radius 2 is 2.17 bits per heavy atom. The summed E-state index contributed by atoms with van der Waals surface area (Å²) in [5, 5.41) is 14.3. The van der Waals surface area contributed by atoms with Crippen LogP contribution in [-0.2, 0) is 0 Å². The molecule has 2 heterocycles. The predicted octanol–water partition coefficient (Wildman–Crippen LogP) is 2.30. The fourth-order valence-corrected chi connectivity index (χ4v) is 2.30. The van der Waals surface area contributed by atoms with Gasteiger partial charge in [0.15, 0.2) is 0 Å². The molecule has 2 aromatic heterocycles. The lowest BCUT2D eigenvalue weighted by atomic mass is 10.1. The van der Waals surface area contributed by atoms with E-state index in [-0.39, 0.29) is 18.1 Å². The molecular formula is C17H16N2O4. The molecular weight excluding hydrogens is 296 g/mol. The van der Waals surface area contributed by atoms with Crippen LogP contribution in [0.4, 0.5) is 0 Å². The second kappa shape index (κ2) is 6.50. The number of methoxy groups -OCH3 is 1. The Kier molecular flexibility index (Phi) is 4.25. The first-order chi connectivity index (χ1) is 11.2. The zero-order valence-electron chi connectivity index (χ0n) is 12.5. The van der Waals surface area contributed by atoms with Crippen molar-refractivity contribution in [3.63, 3.8) is 0 Å². The Morgan fingerprint density at radius 3 is 2.91 bits per heavy atom. The first kappa shape index (κ1) is 15.1. The average Bonchev–Trinajstić information content (AvgIpc) is 3.13. The molecule has 0 aliphatic carbocycles. The van der Waals surface area contributed by atoms with Gasteiger partial charge in [0.05, 0.1) is 19.9 Å². The number of carbonyl (C=O) groups is 1. The maximum Gasteiger partial charge on any atom is 0.270 e. The largest absolute Gasteiger partial charge is 0.481 e. The molecule has 0 aliphatic heterocycles. The van der Waals surface area contributed by atoms with Crippen LogP contribution in [0.15, 0.2) is 53.1 Å². The number of furan rings is 1. The molecule has 0 saturated carbocycles. The van der Waals surface area contributed by atoms with E-state index in [2.05, 4.69) is 10.3 Å². The molecule has 23 heavy (non-hydrogen) atoms. The topological polar surface area (TPSA) is 84.6 Å². The maximum absolute atomic E-state index is 12.3. The van der Waals surface area contributed by atoms with Crippen molar-refractivity contribution < 1.29 is 19.1 Å². The molecule has 1 amide bonds. The quantitative estimate of drug-likeness (QED) is 0.755. The van der Waals surface area contributed by atoms with Crippen molar-refractivity contribution in [1.82, 2.24) is 10.3 Å². The number of ether oxygens (including phenoxy) is 1. The van der Waals surface area contributed by atoms with Gasteiger partial charge >= 0.3 is 0 Å². The van der Waals surface area contributed by atoms with Gasteiger partial charge in [-0.25, -0.2) is 4.98 Å². The summed E-state index contributed by atoms with van der Waals surface area (Å²) >= 11 is 0. The molecule has 0 bridgehead atoms. The van der Waals surface area contributed by atoms with Crippen LogP contribution >= 0.6 is 0 Å². The average molecular weight is 312 g/mol. The van der Waals surface area contributed by atoms with Gasteiger partial charge in [0.2, 0.25) is 5.88 Å². The number of carbonyl (C=O) groups excluding carboxylic acids is 1. The molecule has 1 aromatic carbocycles. The molecule has 0 saturated heterocycles. The lowest BCUT2D eigenvalue weighted by Crippen LogP contribution is -2.29. The molecule has 6 heteroatoms. The second-order valence-electron chi connectivity index (χ2n) is 4.98. The number of fused-ring (bicyclic) bond motifs is 1. The third kappa shape index (κ3) is 3.17. The highest BCUT2D eigenvalue weighted by molar-refractivity contribution is 5.98. The normalized spacial score (nSPS) is 12.1. The van der Waals surface area contributed by atoms with E-state index in [1.807, 2.05) is 24.3 Å².